The van der Waals surface area contributed by atoms with Gasteiger partial charge in [0.1, 0.15) is 0 Å². The topological polar surface area (TPSA) is 70.6 Å². The van der Waals surface area contributed by atoms with E-state index in [4.69, 9.17) is 16.3 Å². The maximum atomic E-state index is 11.7. The first-order valence-corrected chi connectivity index (χ1v) is 7.12. The largest absolute Gasteiger partial charge is 0.504 e. The Kier molecular flexibility index (Phi) is 5.49. The van der Waals surface area contributed by atoms with Crippen LogP contribution in [-0.4, -0.2) is 24.8 Å². The molecule has 6 heteroatoms. The molecule has 0 bridgehead atoms. The van der Waals surface area contributed by atoms with Gasteiger partial charge in [-0.15, -0.1) is 0 Å². The fraction of sp³-hybridized carbons (Fsp3) is 0.188. The molecule has 0 spiro atoms. The Bertz CT molecular complexity index is 644. The van der Waals surface area contributed by atoms with Gasteiger partial charge >= 0.3 is 6.03 Å². The molecule has 2 aromatic carbocycles. The highest BCUT2D eigenvalue weighted by atomic mass is 35.5. The zero-order chi connectivity index (χ0) is 15.9. The van der Waals surface area contributed by atoms with Gasteiger partial charge in [-0.1, -0.05) is 17.7 Å². The Morgan fingerprint density at radius 2 is 1.95 bits per heavy atom. The van der Waals surface area contributed by atoms with Gasteiger partial charge in [-0.05, 0) is 48.4 Å². The van der Waals surface area contributed by atoms with Crippen LogP contribution in [-0.2, 0) is 6.42 Å². The molecule has 0 unspecified atom stereocenters. The number of phenols is 1. The minimum Gasteiger partial charge on any atom is -0.504 e. The van der Waals surface area contributed by atoms with E-state index in [0.29, 0.717) is 29.4 Å². The molecule has 2 amide bonds. The Morgan fingerprint density at radius 3 is 2.64 bits per heavy atom. The van der Waals surface area contributed by atoms with E-state index in [-0.39, 0.29) is 11.8 Å². The summed E-state index contributed by atoms with van der Waals surface area (Å²) in [6, 6.07) is 11.7. The highest BCUT2D eigenvalue weighted by Crippen LogP contribution is 2.26. The van der Waals surface area contributed by atoms with Crippen molar-refractivity contribution in [3.63, 3.8) is 0 Å². The molecule has 0 aromatic heterocycles. The van der Waals surface area contributed by atoms with Gasteiger partial charge in [0.05, 0.1) is 7.11 Å². The zero-order valence-electron chi connectivity index (χ0n) is 12.1. The number of amides is 2. The molecule has 0 aliphatic rings. The molecule has 5 nitrogen and oxygen atoms in total. The third-order valence-corrected chi connectivity index (χ3v) is 3.30. The monoisotopic (exact) mass is 320 g/mol. The molecule has 116 valence electrons. The summed E-state index contributed by atoms with van der Waals surface area (Å²) in [4.78, 5) is 11.7. The highest BCUT2D eigenvalue weighted by molar-refractivity contribution is 6.30. The lowest BCUT2D eigenvalue weighted by atomic mass is 10.1. The van der Waals surface area contributed by atoms with Gasteiger partial charge in [0, 0.05) is 17.3 Å². The first-order chi connectivity index (χ1) is 10.6. The van der Waals surface area contributed by atoms with E-state index in [1.807, 2.05) is 0 Å². The maximum Gasteiger partial charge on any atom is 0.319 e. The molecular formula is C16H17ClN2O3. The van der Waals surface area contributed by atoms with Crippen molar-refractivity contribution < 1.29 is 14.6 Å². The van der Waals surface area contributed by atoms with E-state index in [1.54, 1.807) is 42.5 Å². The van der Waals surface area contributed by atoms with Crippen molar-refractivity contribution in [2.24, 2.45) is 0 Å². The first-order valence-electron chi connectivity index (χ1n) is 6.75. The summed E-state index contributed by atoms with van der Waals surface area (Å²) in [5.41, 5.74) is 1.63. The molecule has 22 heavy (non-hydrogen) atoms. The number of benzene rings is 2. The van der Waals surface area contributed by atoms with E-state index >= 15 is 0 Å². The van der Waals surface area contributed by atoms with Crippen LogP contribution in [0.3, 0.4) is 0 Å². The molecule has 0 aliphatic carbocycles. The SMILES string of the molecule is COc1cc(CCNC(=O)Nc2ccc(Cl)cc2)ccc1O. The maximum absolute atomic E-state index is 11.7. The summed E-state index contributed by atoms with van der Waals surface area (Å²) < 4.78 is 5.04. The molecule has 0 saturated carbocycles. The van der Waals surface area contributed by atoms with Gasteiger partial charge in [0.25, 0.3) is 0 Å². The van der Waals surface area contributed by atoms with Crippen LogP contribution in [0.25, 0.3) is 0 Å². The predicted octanol–water partition coefficient (Wildman–Crippen LogP) is 3.42. The number of methoxy groups -OCH3 is 1. The van der Waals surface area contributed by atoms with Crippen LogP contribution in [0.1, 0.15) is 5.56 Å². The van der Waals surface area contributed by atoms with E-state index in [2.05, 4.69) is 10.6 Å². The number of carbonyl (C=O) groups is 1. The molecule has 0 fully saturated rings. The number of urea groups is 1. The number of halogens is 1. The van der Waals surface area contributed by atoms with Gasteiger partial charge in [-0.25, -0.2) is 4.79 Å². The van der Waals surface area contributed by atoms with E-state index in [9.17, 15) is 9.90 Å². The molecule has 2 rings (SSSR count). The number of anilines is 1. The van der Waals surface area contributed by atoms with Crippen LogP contribution in [0.5, 0.6) is 11.5 Å². The normalized spacial score (nSPS) is 10.1. The molecule has 0 atom stereocenters. The number of phenolic OH excluding ortho intramolecular Hbond substituents is 1. The molecule has 0 saturated heterocycles. The minimum atomic E-state index is -0.284. The quantitative estimate of drug-likeness (QED) is 0.790. The average molecular weight is 321 g/mol. The molecule has 0 radical (unpaired) electrons. The summed E-state index contributed by atoms with van der Waals surface area (Å²) in [5, 5.41) is 15.6. The fourth-order valence-corrected chi connectivity index (χ4v) is 2.03. The van der Waals surface area contributed by atoms with Gasteiger partial charge in [0.15, 0.2) is 11.5 Å². The lowest BCUT2D eigenvalue weighted by Gasteiger charge is -2.09. The highest BCUT2D eigenvalue weighted by Gasteiger charge is 2.04. The van der Waals surface area contributed by atoms with Crippen LogP contribution >= 0.6 is 11.6 Å². The summed E-state index contributed by atoms with van der Waals surface area (Å²) in [5.74, 6) is 0.516. The van der Waals surface area contributed by atoms with Gasteiger partial charge < -0.3 is 20.5 Å². The predicted molar refractivity (Wildman–Crippen MR) is 86.8 cm³/mol. The number of nitrogens with one attached hydrogen (secondary N) is 2. The Hall–Kier alpha value is -2.40. The molecular weight excluding hydrogens is 304 g/mol. The van der Waals surface area contributed by atoms with E-state index in [0.717, 1.165) is 5.56 Å². The number of ether oxygens (including phenoxy) is 1. The summed E-state index contributed by atoms with van der Waals surface area (Å²) >= 11 is 5.78. The molecule has 3 N–H and O–H groups in total. The van der Waals surface area contributed by atoms with Crippen LogP contribution in [0.4, 0.5) is 10.5 Å². The van der Waals surface area contributed by atoms with Crippen molar-refractivity contribution in [2.75, 3.05) is 19.0 Å². The molecule has 0 heterocycles. The van der Waals surface area contributed by atoms with Crippen molar-refractivity contribution in [3.8, 4) is 11.5 Å². The van der Waals surface area contributed by atoms with Crippen molar-refractivity contribution in [3.05, 3.63) is 53.1 Å². The first kappa shape index (κ1) is 16.0. The lowest BCUT2D eigenvalue weighted by molar-refractivity contribution is 0.252. The van der Waals surface area contributed by atoms with Gasteiger partial charge in [0.2, 0.25) is 0 Å². The second-order valence-electron chi connectivity index (χ2n) is 4.64. The Labute approximate surface area is 133 Å². The molecule has 0 aliphatic heterocycles. The van der Waals surface area contributed by atoms with Gasteiger partial charge in [-0.3, -0.25) is 0 Å². The van der Waals surface area contributed by atoms with Crippen molar-refractivity contribution in [1.29, 1.82) is 0 Å². The van der Waals surface area contributed by atoms with Crippen molar-refractivity contribution >= 4 is 23.3 Å². The minimum absolute atomic E-state index is 0.0969. The van der Waals surface area contributed by atoms with Crippen molar-refractivity contribution in [1.82, 2.24) is 5.32 Å². The van der Waals surface area contributed by atoms with Crippen LogP contribution < -0.4 is 15.4 Å². The number of hydrogen-bond donors (Lipinski definition) is 3. The smallest absolute Gasteiger partial charge is 0.319 e. The summed E-state index contributed by atoms with van der Waals surface area (Å²) in [6.45, 7) is 0.466. The van der Waals surface area contributed by atoms with E-state index in [1.165, 1.54) is 7.11 Å². The van der Waals surface area contributed by atoms with Crippen molar-refractivity contribution in [2.45, 2.75) is 6.42 Å². The third-order valence-electron chi connectivity index (χ3n) is 3.05. The third kappa shape index (κ3) is 4.56. The average Bonchev–Trinajstić information content (AvgIpc) is 2.51. The van der Waals surface area contributed by atoms with Crippen LogP contribution in [0, 0.1) is 0 Å². The number of hydrogen-bond acceptors (Lipinski definition) is 3. The lowest BCUT2D eigenvalue weighted by Crippen LogP contribution is -2.30. The summed E-state index contributed by atoms with van der Waals surface area (Å²) in [7, 11) is 1.50. The number of rotatable bonds is 5. The van der Waals surface area contributed by atoms with Gasteiger partial charge in [-0.2, -0.15) is 0 Å². The van der Waals surface area contributed by atoms with E-state index < -0.39 is 0 Å². The summed E-state index contributed by atoms with van der Waals surface area (Å²) in [6.07, 6.45) is 0.630. The number of aromatic hydroxyl groups is 1. The Balaban J connectivity index is 1.80. The second-order valence-corrected chi connectivity index (χ2v) is 5.08. The fourth-order valence-electron chi connectivity index (χ4n) is 1.91. The second kappa shape index (κ2) is 7.56. The number of carbonyl (C=O) groups excluding carboxylic acids is 1. The van der Waals surface area contributed by atoms with Crippen LogP contribution in [0.15, 0.2) is 42.5 Å². The zero-order valence-corrected chi connectivity index (χ0v) is 12.9. The Morgan fingerprint density at radius 1 is 1.23 bits per heavy atom. The molecule has 2 aromatic rings. The standard InChI is InChI=1S/C16H17ClN2O3/c1-22-15-10-11(2-7-14(15)20)8-9-18-16(21)19-13-5-3-12(17)4-6-13/h2-7,10,20H,8-9H2,1H3,(H2,18,19,21). The van der Waals surface area contributed by atoms with Crippen LogP contribution in [0.2, 0.25) is 5.02 Å².